The standard InChI is InChI=1S/C18H21N5OS/c1-21-15-4-3-14(13-16(15)25-18(21)24)5-8-22-9-11-23(12-10-22)17-19-6-2-7-20-17/h2-4,6-7,13H,5,8-12H2,1H3. The lowest BCUT2D eigenvalue weighted by atomic mass is 10.1. The molecule has 0 radical (unpaired) electrons. The lowest BCUT2D eigenvalue weighted by Gasteiger charge is -2.34. The van der Waals surface area contributed by atoms with E-state index in [0.29, 0.717) is 0 Å². The van der Waals surface area contributed by atoms with Gasteiger partial charge in [0.25, 0.3) is 0 Å². The molecule has 7 heteroatoms. The fourth-order valence-corrected chi connectivity index (χ4v) is 4.19. The first-order valence-corrected chi connectivity index (χ1v) is 9.35. The Labute approximate surface area is 150 Å². The van der Waals surface area contributed by atoms with Gasteiger partial charge in [-0.2, -0.15) is 0 Å². The Hall–Kier alpha value is -2.25. The number of benzene rings is 1. The fraction of sp³-hybridized carbons (Fsp3) is 0.389. The van der Waals surface area contributed by atoms with E-state index in [9.17, 15) is 4.79 Å². The SMILES string of the molecule is Cn1c(=O)sc2cc(CCN3CCN(c4ncccn4)CC3)ccc21. The lowest BCUT2D eigenvalue weighted by Crippen LogP contribution is -2.47. The monoisotopic (exact) mass is 355 g/mol. The van der Waals surface area contributed by atoms with Crippen LogP contribution >= 0.6 is 11.3 Å². The minimum absolute atomic E-state index is 0.103. The maximum Gasteiger partial charge on any atom is 0.307 e. The van der Waals surface area contributed by atoms with Gasteiger partial charge in [-0.15, -0.1) is 0 Å². The zero-order chi connectivity index (χ0) is 17.2. The predicted molar refractivity (Wildman–Crippen MR) is 101 cm³/mol. The number of hydrogen-bond donors (Lipinski definition) is 0. The Bertz CT molecular complexity index is 912. The lowest BCUT2D eigenvalue weighted by molar-refractivity contribution is 0.260. The zero-order valence-electron chi connectivity index (χ0n) is 14.3. The number of piperazine rings is 1. The molecule has 1 fully saturated rings. The summed E-state index contributed by atoms with van der Waals surface area (Å²) in [7, 11) is 1.83. The third-order valence-corrected chi connectivity index (χ3v) is 5.78. The van der Waals surface area contributed by atoms with Gasteiger partial charge in [0.1, 0.15) is 0 Å². The van der Waals surface area contributed by atoms with E-state index in [1.807, 2.05) is 13.1 Å². The van der Waals surface area contributed by atoms with E-state index in [1.165, 1.54) is 16.9 Å². The molecular weight excluding hydrogens is 334 g/mol. The number of nitrogens with zero attached hydrogens (tertiary/aromatic N) is 5. The highest BCUT2D eigenvalue weighted by molar-refractivity contribution is 7.16. The largest absolute Gasteiger partial charge is 0.338 e. The number of thiazole rings is 1. The van der Waals surface area contributed by atoms with Gasteiger partial charge >= 0.3 is 4.87 Å². The molecule has 1 aliphatic heterocycles. The zero-order valence-corrected chi connectivity index (χ0v) is 15.1. The average Bonchev–Trinajstić information content (AvgIpc) is 2.95. The molecule has 25 heavy (non-hydrogen) atoms. The molecule has 0 unspecified atom stereocenters. The quantitative estimate of drug-likeness (QED) is 0.714. The van der Waals surface area contributed by atoms with Gasteiger partial charge in [0.15, 0.2) is 0 Å². The number of aryl methyl sites for hydroxylation is 1. The molecule has 0 saturated carbocycles. The van der Waals surface area contributed by atoms with E-state index in [-0.39, 0.29) is 4.87 Å². The van der Waals surface area contributed by atoms with E-state index < -0.39 is 0 Å². The Balaban J connectivity index is 1.34. The fourth-order valence-electron chi connectivity index (χ4n) is 3.25. The van der Waals surface area contributed by atoms with Crippen molar-refractivity contribution in [1.29, 1.82) is 0 Å². The molecule has 0 atom stereocenters. The molecule has 3 aromatic rings. The molecule has 0 N–H and O–H groups in total. The van der Waals surface area contributed by atoms with E-state index in [1.54, 1.807) is 17.0 Å². The van der Waals surface area contributed by atoms with Crippen LogP contribution in [0.1, 0.15) is 5.56 Å². The molecule has 1 aliphatic rings. The first kappa shape index (κ1) is 16.2. The Morgan fingerprint density at radius 1 is 1.12 bits per heavy atom. The van der Waals surface area contributed by atoms with Gasteiger partial charge in [0, 0.05) is 52.2 Å². The van der Waals surface area contributed by atoms with Crippen molar-refractivity contribution < 1.29 is 0 Å². The summed E-state index contributed by atoms with van der Waals surface area (Å²) in [5, 5.41) is 0. The van der Waals surface area contributed by atoms with Gasteiger partial charge in [0.05, 0.1) is 10.2 Å². The number of anilines is 1. The van der Waals surface area contributed by atoms with Crippen LogP contribution in [-0.2, 0) is 13.5 Å². The van der Waals surface area contributed by atoms with Crippen molar-refractivity contribution in [2.75, 3.05) is 37.6 Å². The summed E-state index contributed by atoms with van der Waals surface area (Å²) >= 11 is 1.33. The summed E-state index contributed by atoms with van der Waals surface area (Å²) in [4.78, 5) is 25.2. The number of fused-ring (bicyclic) bond motifs is 1. The van der Waals surface area contributed by atoms with Crippen LogP contribution in [0, 0.1) is 0 Å². The second-order valence-electron chi connectivity index (χ2n) is 6.36. The molecule has 130 valence electrons. The number of rotatable bonds is 4. The molecule has 0 spiro atoms. The predicted octanol–water partition coefficient (Wildman–Crippen LogP) is 1.75. The molecule has 0 aliphatic carbocycles. The van der Waals surface area contributed by atoms with Crippen LogP contribution in [0.3, 0.4) is 0 Å². The molecule has 6 nitrogen and oxygen atoms in total. The van der Waals surface area contributed by atoms with Gasteiger partial charge in [-0.05, 0) is 30.2 Å². The minimum Gasteiger partial charge on any atom is -0.338 e. The molecule has 1 aromatic carbocycles. The normalized spacial score (nSPS) is 15.8. The topological polar surface area (TPSA) is 54.3 Å². The summed E-state index contributed by atoms with van der Waals surface area (Å²) in [6, 6.07) is 8.21. The van der Waals surface area contributed by atoms with Crippen molar-refractivity contribution in [2.24, 2.45) is 7.05 Å². The van der Waals surface area contributed by atoms with Crippen molar-refractivity contribution in [3.63, 3.8) is 0 Å². The van der Waals surface area contributed by atoms with Crippen LogP contribution in [0.2, 0.25) is 0 Å². The second kappa shape index (κ2) is 6.93. The Kier molecular flexibility index (Phi) is 4.50. The molecular formula is C18H21N5OS. The highest BCUT2D eigenvalue weighted by atomic mass is 32.1. The maximum atomic E-state index is 11.8. The Morgan fingerprint density at radius 2 is 1.88 bits per heavy atom. The Morgan fingerprint density at radius 3 is 2.64 bits per heavy atom. The molecule has 1 saturated heterocycles. The van der Waals surface area contributed by atoms with E-state index >= 15 is 0 Å². The van der Waals surface area contributed by atoms with Crippen LogP contribution in [0.25, 0.3) is 10.2 Å². The van der Waals surface area contributed by atoms with Crippen LogP contribution in [0.5, 0.6) is 0 Å². The van der Waals surface area contributed by atoms with E-state index in [4.69, 9.17) is 0 Å². The first-order chi connectivity index (χ1) is 12.2. The van der Waals surface area contributed by atoms with Crippen molar-refractivity contribution >= 4 is 27.5 Å². The van der Waals surface area contributed by atoms with Crippen molar-refractivity contribution in [3.8, 4) is 0 Å². The summed E-state index contributed by atoms with van der Waals surface area (Å²) in [6.07, 6.45) is 4.60. The third kappa shape index (κ3) is 3.43. The van der Waals surface area contributed by atoms with Gasteiger partial charge < -0.3 is 9.47 Å². The average molecular weight is 355 g/mol. The van der Waals surface area contributed by atoms with Crippen molar-refractivity contribution in [2.45, 2.75) is 6.42 Å². The van der Waals surface area contributed by atoms with Crippen molar-refractivity contribution in [1.82, 2.24) is 19.4 Å². The number of hydrogen-bond acceptors (Lipinski definition) is 6. The first-order valence-electron chi connectivity index (χ1n) is 8.53. The summed E-state index contributed by atoms with van der Waals surface area (Å²) < 4.78 is 2.80. The van der Waals surface area contributed by atoms with Crippen LogP contribution in [-0.4, -0.2) is 52.2 Å². The third-order valence-electron chi connectivity index (χ3n) is 4.78. The molecule has 3 heterocycles. The van der Waals surface area contributed by atoms with Crippen LogP contribution < -0.4 is 9.77 Å². The smallest absolute Gasteiger partial charge is 0.307 e. The van der Waals surface area contributed by atoms with E-state index in [2.05, 4.69) is 38.0 Å². The second-order valence-corrected chi connectivity index (χ2v) is 7.35. The maximum absolute atomic E-state index is 11.8. The van der Waals surface area contributed by atoms with E-state index in [0.717, 1.165) is 55.3 Å². The molecule has 2 aromatic heterocycles. The van der Waals surface area contributed by atoms with Crippen LogP contribution in [0.15, 0.2) is 41.5 Å². The summed E-state index contributed by atoms with van der Waals surface area (Å²) in [5.74, 6) is 0.826. The molecule has 4 rings (SSSR count). The number of aromatic nitrogens is 3. The minimum atomic E-state index is 0.103. The van der Waals surface area contributed by atoms with Crippen molar-refractivity contribution in [3.05, 3.63) is 51.9 Å². The van der Waals surface area contributed by atoms with Gasteiger partial charge in [-0.25, -0.2) is 9.97 Å². The van der Waals surface area contributed by atoms with Crippen LogP contribution in [0.4, 0.5) is 5.95 Å². The summed E-state index contributed by atoms with van der Waals surface area (Å²) in [5.41, 5.74) is 2.32. The highest BCUT2D eigenvalue weighted by Crippen LogP contribution is 2.19. The molecule has 0 bridgehead atoms. The van der Waals surface area contributed by atoms with Gasteiger partial charge in [0.2, 0.25) is 5.95 Å². The van der Waals surface area contributed by atoms with Gasteiger partial charge in [-0.3, -0.25) is 9.69 Å². The van der Waals surface area contributed by atoms with Gasteiger partial charge in [-0.1, -0.05) is 17.4 Å². The summed E-state index contributed by atoms with van der Waals surface area (Å²) in [6.45, 7) is 5.02. The highest BCUT2D eigenvalue weighted by Gasteiger charge is 2.18. The molecule has 0 amide bonds.